The second kappa shape index (κ2) is 8.58. The predicted molar refractivity (Wildman–Crippen MR) is 88.7 cm³/mol. The van der Waals surface area contributed by atoms with Crippen LogP contribution in [0.4, 0.5) is 4.79 Å². The van der Waals surface area contributed by atoms with E-state index in [0.29, 0.717) is 0 Å². The molecule has 0 radical (unpaired) electrons. The Bertz CT molecular complexity index is 733. The van der Waals surface area contributed by atoms with Crippen molar-refractivity contribution in [1.29, 1.82) is 0 Å². The summed E-state index contributed by atoms with van der Waals surface area (Å²) in [6.07, 6.45) is -1.32. The van der Waals surface area contributed by atoms with Crippen LogP contribution in [0, 0.1) is 5.92 Å². The highest BCUT2D eigenvalue weighted by Gasteiger charge is 2.31. The molecular formula is C15H21N3O6S. The quantitative estimate of drug-likeness (QED) is 0.580. The Labute approximate surface area is 146 Å². The number of ether oxygens (including phenoxy) is 1. The van der Waals surface area contributed by atoms with Gasteiger partial charge in [0.1, 0.15) is 6.04 Å². The number of hydrogen-bond donors (Lipinski definition) is 3. The zero-order valence-corrected chi connectivity index (χ0v) is 14.9. The zero-order valence-electron chi connectivity index (χ0n) is 14.1. The van der Waals surface area contributed by atoms with Crippen LogP contribution in [0.15, 0.2) is 35.2 Å². The van der Waals surface area contributed by atoms with E-state index in [2.05, 4.69) is 4.72 Å². The number of sulfonamides is 1. The summed E-state index contributed by atoms with van der Waals surface area (Å²) in [6, 6.07) is 5.22. The molecular weight excluding hydrogens is 350 g/mol. The highest BCUT2D eigenvalue weighted by atomic mass is 32.2. The molecule has 0 saturated heterocycles. The van der Waals surface area contributed by atoms with E-state index >= 15 is 0 Å². The van der Waals surface area contributed by atoms with Gasteiger partial charge in [0.15, 0.2) is 6.10 Å². The maximum atomic E-state index is 12.4. The Morgan fingerprint density at radius 2 is 1.64 bits per heavy atom. The first-order valence-corrected chi connectivity index (χ1v) is 8.91. The van der Waals surface area contributed by atoms with Crippen LogP contribution in [0.5, 0.6) is 0 Å². The molecule has 1 aromatic rings. The van der Waals surface area contributed by atoms with Crippen LogP contribution in [0.2, 0.25) is 0 Å². The Balaban J connectivity index is 2.88. The van der Waals surface area contributed by atoms with Crippen LogP contribution < -0.4 is 15.8 Å². The van der Waals surface area contributed by atoms with Gasteiger partial charge in [-0.25, -0.2) is 13.2 Å². The molecule has 0 heterocycles. The summed E-state index contributed by atoms with van der Waals surface area (Å²) < 4.78 is 31.9. The first-order chi connectivity index (χ1) is 11.5. The molecule has 3 amide bonds. The lowest BCUT2D eigenvalue weighted by atomic mass is 10.1. The number of primary amides is 1. The van der Waals surface area contributed by atoms with Crippen molar-refractivity contribution < 1.29 is 27.5 Å². The predicted octanol–water partition coefficient (Wildman–Crippen LogP) is 0.116. The first kappa shape index (κ1) is 20.6. The van der Waals surface area contributed by atoms with Crippen molar-refractivity contribution in [3.05, 3.63) is 30.3 Å². The van der Waals surface area contributed by atoms with E-state index in [4.69, 9.17) is 10.5 Å². The van der Waals surface area contributed by atoms with Gasteiger partial charge >= 0.3 is 12.0 Å². The lowest BCUT2D eigenvalue weighted by Gasteiger charge is -2.22. The van der Waals surface area contributed by atoms with Gasteiger partial charge in [0.2, 0.25) is 10.0 Å². The van der Waals surface area contributed by atoms with E-state index in [1.165, 1.54) is 19.1 Å². The number of imide groups is 1. The molecule has 0 aliphatic heterocycles. The Morgan fingerprint density at radius 3 is 2.12 bits per heavy atom. The summed E-state index contributed by atoms with van der Waals surface area (Å²) in [5.41, 5.74) is 4.81. The Morgan fingerprint density at radius 1 is 1.08 bits per heavy atom. The van der Waals surface area contributed by atoms with Gasteiger partial charge in [-0.3, -0.25) is 14.9 Å². The minimum Gasteiger partial charge on any atom is -0.451 e. The molecule has 1 aromatic carbocycles. The van der Waals surface area contributed by atoms with Gasteiger partial charge in [0, 0.05) is 0 Å². The van der Waals surface area contributed by atoms with Gasteiger partial charge in [-0.2, -0.15) is 4.72 Å². The average molecular weight is 371 g/mol. The van der Waals surface area contributed by atoms with Crippen LogP contribution in [0.3, 0.4) is 0 Å². The smallest absolute Gasteiger partial charge is 0.325 e. The summed E-state index contributed by atoms with van der Waals surface area (Å²) >= 11 is 0. The van der Waals surface area contributed by atoms with Gasteiger partial charge in [-0.05, 0) is 25.0 Å². The molecule has 0 aliphatic rings. The third-order valence-electron chi connectivity index (χ3n) is 3.16. The molecule has 10 heteroatoms. The lowest BCUT2D eigenvalue weighted by Crippen LogP contribution is -2.48. The summed E-state index contributed by atoms with van der Waals surface area (Å²) in [5.74, 6) is -2.30. The highest BCUT2D eigenvalue weighted by Crippen LogP contribution is 2.13. The van der Waals surface area contributed by atoms with Gasteiger partial charge in [0.25, 0.3) is 5.91 Å². The fourth-order valence-electron chi connectivity index (χ4n) is 1.82. The number of urea groups is 1. The number of hydrogen-bond acceptors (Lipinski definition) is 6. The molecule has 138 valence electrons. The molecule has 2 atom stereocenters. The molecule has 0 spiro atoms. The third kappa shape index (κ3) is 6.16. The summed E-state index contributed by atoms with van der Waals surface area (Å²) in [6.45, 7) is 4.47. The summed E-state index contributed by atoms with van der Waals surface area (Å²) in [4.78, 5) is 34.4. The normalized spacial score (nSPS) is 13.8. The molecule has 0 aromatic heterocycles. The Kier molecular flexibility index (Phi) is 7.07. The van der Waals surface area contributed by atoms with Crippen LogP contribution >= 0.6 is 0 Å². The zero-order chi connectivity index (χ0) is 19.2. The number of nitrogens with two attached hydrogens (primary N) is 1. The second-order valence-electron chi connectivity index (χ2n) is 5.59. The van der Waals surface area contributed by atoms with Gasteiger partial charge < -0.3 is 10.5 Å². The topological polar surface area (TPSA) is 145 Å². The van der Waals surface area contributed by atoms with Crippen LogP contribution in [-0.4, -0.2) is 38.5 Å². The van der Waals surface area contributed by atoms with Crippen molar-refractivity contribution in [1.82, 2.24) is 10.0 Å². The fraction of sp³-hybridized carbons (Fsp3) is 0.400. The average Bonchev–Trinajstić information content (AvgIpc) is 2.52. The maximum Gasteiger partial charge on any atom is 0.325 e. The van der Waals surface area contributed by atoms with E-state index in [1.54, 1.807) is 37.4 Å². The van der Waals surface area contributed by atoms with E-state index in [9.17, 15) is 22.8 Å². The van der Waals surface area contributed by atoms with Gasteiger partial charge in [-0.1, -0.05) is 32.0 Å². The van der Waals surface area contributed by atoms with Crippen molar-refractivity contribution in [2.45, 2.75) is 37.8 Å². The van der Waals surface area contributed by atoms with Crippen molar-refractivity contribution in [2.24, 2.45) is 11.7 Å². The summed E-state index contributed by atoms with van der Waals surface area (Å²) in [5, 5.41) is 1.77. The molecule has 0 fully saturated rings. The van der Waals surface area contributed by atoms with Gasteiger partial charge in [0.05, 0.1) is 4.90 Å². The molecule has 4 N–H and O–H groups in total. The van der Waals surface area contributed by atoms with Gasteiger partial charge in [-0.15, -0.1) is 0 Å². The molecule has 0 aliphatic carbocycles. The number of amides is 3. The lowest BCUT2D eigenvalue weighted by molar-refractivity contribution is -0.157. The fourth-order valence-corrected chi connectivity index (χ4v) is 3.17. The van der Waals surface area contributed by atoms with Crippen LogP contribution in [-0.2, 0) is 24.3 Å². The first-order valence-electron chi connectivity index (χ1n) is 7.42. The monoisotopic (exact) mass is 371 g/mol. The second-order valence-corrected chi connectivity index (χ2v) is 7.30. The molecule has 1 rings (SSSR count). The number of nitrogens with one attached hydrogen (secondary N) is 2. The number of carbonyl (C=O) groups is 3. The molecule has 0 unspecified atom stereocenters. The number of esters is 1. The SMILES string of the molecule is CC(C)[C@H](NS(=O)(=O)c1ccccc1)C(=O)O[C@@H](C)C(=O)NC(N)=O. The maximum absolute atomic E-state index is 12.4. The van der Waals surface area contributed by atoms with E-state index in [1.807, 2.05) is 0 Å². The largest absolute Gasteiger partial charge is 0.451 e. The highest BCUT2D eigenvalue weighted by molar-refractivity contribution is 7.89. The number of benzene rings is 1. The van der Waals surface area contributed by atoms with E-state index in [-0.39, 0.29) is 4.90 Å². The van der Waals surface area contributed by atoms with Crippen molar-refractivity contribution in [3.8, 4) is 0 Å². The van der Waals surface area contributed by atoms with Crippen LogP contribution in [0.25, 0.3) is 0 Å². The van der Waals surface area contributed by atoms with Crippen molar-refractivity contribution in [3.63, 3.8) is 0 Å². The minimum absolute atomic E-state index is 0.00651. The van der Waals surface area contributed by atoms with Crippen molar-refractivity contribution >= 4 is 27.9 Å². The molecule has 0 saturated carbocycles. The molecule has 9 nitrogen and oxygen atoms in total. The Hall–Kier alpha value is -2.46. The van der Waals surface area contributed by atoms with E-state index in [0.717, 1.165) is 0 Å². The minimum atomic E-state index is -3.95. The summed E-state index contributed by atoms with van der Waals surface area (Å²) in [7, 11) is -3.95. The third-order valence-corrected chi connectivity index (χ3v) is 4.62. The number of rotatable bonds is 7. The van der Waals surface area contributed by atoms with Crippen LogP contribution in [0.1, 0.15) is 20.8 Å². The molecule has 0 bridgehead atoms. The van der Waals surface area contributed by atoms with Crippen molar-refractivity contribution in [2.75, 3.05) is 0 Å². The van der Waals surface area contributed by atoms with E-state index < -0.39 is 46.0 Å². The molecule has 25 heavy (non-hydrogen) atoms. The standard InChI is InChI=1S/C15H21N3O6S/c1-9(2)12(14(20)24-10(3)13(19)17-15(16)21)18-25(22,23)11-7-5-4-6-8-11/h4-10,12,18H,1-3H3,(H3,16,17,19,21)/t10-,12-/m0/s1. The number of carbonyl (C=O) groups excluding carboxylic acids is 3.